The van der Waals surface area contributed by atoms with Crippen LogP contribution in [0.15, 0.2) is 0 Å². The first-order chi connectivity index (χ1) is 6.60. The van der Waals surface area contributed by atoms with Crippen molar-refractivity contribution in [1.82, 2.24) is 10.2 Å². The molecule has 3 nitrogen and oxygen atoms in total. The summed E-state index contributed by atoms with van der Waals surface area (Å²) < 4.78 is 0. The van der Waals surface area contributed by atoms with Gasteiger partial charge in [0.05, 0.1) is 6.54 Å². The van der Waals surface area contributed by atoms with Gasteiger partial charge in [-0.1, -0.05) is 13.8 Å². The van der Waals surface area contributed by atoms with E-state index in [1.807, 2.05) is 13.8 Å². The van der Waals surface area contributed by atoms with Gasteiger partial charge in [0.25, 0.3) is 0 Å². The average molecular weight is 200 g/mol. The monoisotopic (exact) mass is 200 g/mol. The lowest BCUT2D eigenvalue weighted by atomic mass is 10.3. The van der Waals surface area contributed by atoms with Gasteiger partial charge in [-0.05, 0) is 39.8 Å². The van der Waals surface area contributed by atoms with Crippen LogP contribution in [0, 0.1) is 0 Å². The molecule has 3 heteroatoms. The van der Waals surface area contributed by atoms with E-state index in [0.717, 1.165) is 25.9 Å². The third-order valence-electron chi connectivity index (χ3n) is 1.90. The summed E-state index contributed by atoms with van der Waals surface area (Å²) in [5.41, 5.74) is 0. The fraction of sp³-hybridized carbons (Fsp3) is 0.909. The van der Waals surface area contributed by atoms with E-state index in [1.54, 1.807) is 0 Å². The molecule has 0 rings (SSSR count). The van der Waals surface area contributed by atoms with Crippen molar-refractivity contribution in [2.45, 2.75) is 46.6 Å². The minimum Gasteiger partial charge on any atom is -0.353 e. The fourth-order valence-corrected chi connectivity index (χ4v) is 1.47. The molecule has 0 saturated carbocycles. The molecule has 0 atom stereocenters. The smallest absolute Gasteiger partial charge is 0.234 e. The normalized spacial score (nSPS) is 11.0. The number of amides is 1. The zero-order valence-electron chi connectivity index (χ0n) is 9.97. The predicted molar refractivity (Wildman–Crippen MR) is 60.3 cm³/mol. The summed E-state index contributed by atoms with van der Waals surface area (Å²) >= 11 is 0. The Morgan fingerprint density at radius 3 is 2.07 bits per heavy atom. The van der Waals surface area contributed by atoms with Gasteiger partial charge in [-0.15, -0.1) is 0 Å². The molecule has 0 aromatic rings. The third-order valence-corrected chi connectivity index (χ3v) is 1.90. The molecule has 1 amide bonds. The Bertz CT molecular complexity index is 151. The lowest BCUT2D eigenvalue weighted by Gasteiger charge is -2.20. The van der Waals surface area contributed by atoms with Gasteiger partial charge in [-0.25, -0.2) is 0 Å². The van der Waals surface area contributed by atoms with E-state index < -0.39 is 0 Å². The molecule has 0 aliphatic rings. The Morgan fingerprint density at radius 2 is 1.71 bits per heavy atom. The molecule has 1 N–H and O–H groups in total. The lowest BCUT2D eigenvalue weighted by Crippen LogP contribution is -2.40. The van der Waals surface area contributed by atoms with E-state index in [2.05, 4.69) is 24.1 Å². The van der Waals surface area contributed by atoms with Crippen LogP contribution in [0.1, 0.15) is 40.5 Å². The largest absolute Gasteiger partial charge is 0.353 e. The summed E-state index contributed by atoms with van der Waals surface area (Å²) in [6, 6.07) is 0.243. The number of hydrogen-bond donors (Lipinski definition) is 1. The number of nitrogens with one attached hydrogen (secondary N) is 1. The second kappa shape index (κ2) is 7.80. The summed E-state index contributed by atoms with van der Waals surface area (Å²) in [6.07, 6.45) is 2.21. The molecular formula is C11H24N2O. The van der Waals surface area contributed by atoms with Crippen molar-refractivity contribution in [2.75, 3.05) is 19.6 Å². The first kappa shape index (κ1) is 13.4. The lowest BCUT2D eigenvalue weighted by molar-refractivity contribution is -0.122. The molecular weight excluding hydrogens is 176 g/mol. The second-order valence-corrected chi connectivity index (χ2v) is 4.00. The predicted octanol–water partition coefficient (Wildman–Crippen LogP) is 1.63. The van der Waals surface area contributed by atoms with E-state index in [1.165, 1.54) is 0 Å². The van der Waals surface area contributed by atoms with Crippen LogP contribution in [0.5, 0.6) is 0 Å². The van der Waals surface area contributed by atoms with Crippen LogP contribution in [0.4, 0.5) is 0 Å². The molecule has 0 fully saturated rings. The molecule has 14 heavy (non-hydrogen) atoms. The van der Waals surface area contributed by atoms with Crippen LogP contribution in [0.25, 0.3) is 0 Å². The number of hydrogen-bond acceptors (Lipinski definition) is 2. The van der Waals surface area contributed by atoms with Crippen molar-refractivity contribution < 1.29 is 4.79 Å². The minimum absolute atomic E-state index is 0.141. The van der Waals surface area contributed by atoms with E-state index in [0.29, 0.717) is 6.54 Å². The summed E-state index contributed by atoms with van der Waals surface area (Å²) in [5.74, 6) is 0.141. The van der Waals surface area contributed by atoms with E-state index in [4.69, 9.17) is 0 Å². The SMILES string of the molecule is CCCN(CCC)CC(=O)NC(C)C. The average Bonchev–Trinajstić information content (AvgIpc) is 2.03. The van der Waals surface area contributed by atoms with Gasteiger partial charge in [0, 0.05) is 6.04 Å². The number of carbonyl (C=O) groups excluding carboxylic acids is 1. The highest BCUT2D eigenvalue weighted by Gasteiger charge is 2.09. The van der Waals surface area contributed by atoms with Gasteiger partial charge < -0.3 is 5.32 Å². The molecule has 0 aliphatic carbocycles. The molecule has 0 saturated heterocycles. The quantitative estimate of drug-likeness (QED) is 0.677. The summed E-state index contributed by atoms with van der Waals surface area (Å²) in [5, 5.41) is 2.91. The van der Waals surface area contributed by atoms with Crippen LogP contribution in [-0.2, 0) is 4.79 Å². The summed E-state index contributed by atoms with van der Waals surface area (Å²) in [4.78, 5) is 13.7. The summed E-state index contributed by atoms with van der Waals surface area (Å²) in [7, 11) is 0. The van der Waals surface area contributed by atoms with Crippen molar-refractivity contribution in [3.63, 3.8) is 0 Å². The molecule has 0 unspecified atom stereocenters. The maximum atomic E-state index is 11.5. The maximum absolute atomic E-state index is 11.5. The topological polar surface area (TPSA) is 32.3 Å². The van der Waals surface area contributed by atoms with Gasteiger partial charge in [0.2, 0.25) is 5.91 Å². The van der Waals surface area contributed by atoms with Crippen LogP contribution in [0.3, 0.4) is 0 Å². The number of carbonyl (C=O) groups is 1. The molecule has 0 aliphatic heterocycles. The Morgan fingerprint density at radius 1 is 1.21 bits per heavy atom. The zero-order valence-corrected chi connectivity index (χ0v) is 9.97. The number of rotatable bonds is 7. The molecule has 0 aromatic carbocycles. The molecule has 0 heterocycles. The van der Waals surface area contributed by atoms with Crippen LogP contribution in [0.2, 0.25) is 0 Å². The first-order valence-corrected chi connectivity index (χ1v) is 5.61. The van der Waals surface area contributed by atoms with Crippen LogP contribution >= 0.6 is 0 Å². The van der Waals surface area contributed by atoms with Gasteiger partial charge in [-0.3, -0.25) is 9.69 Å². The van der Waals surface area contributed by atoms with Crippen LogP contribution < -0.4 is 5.32 Å². The van der Waals surface area contributed by atoms with E-state index in [9.17, 15) is 4.79 Å². The highest BCUT2D eigenvalue weighted by atomic mass is 16.2. The highest BCUT2D eigenvalue weighted by molar-refractivity contribution is 5.78. The maximum Gasteiger partial charge on any atom is 0.234 e. The third kappa shape index (κ3) is 6.89. The summed E-state index contributed by atoms with van der Waals surface area (Å²) in [6.45, 7) is 10.8. The molecule has 84 valence electrons. The van der Waals surface area contributed by atoms with Gasteiger partial charge >= 0.3 is 0 Å². The Balaban J connectivity index is 3.82. The fourth-order valence-electron chi connectivity index (χ4n) is 1.47. The Kier molecular flexibility index (Phi) is 7.48. The van der Waals surface area contributed by atoms with Crippen molar-refractivity contribution in [1.29, 1.82) is 0 Å². The Labute approximate surface area is 87.9 Å². The number of nitrogens with zero attached hydrogens (tertiary/aromatic N) is 1. The Hall–Kier alpha value is -0.570. The van der Waals surface area contributed by atoms with Crippen molar-refractivity contribution in [3.05, 3.63) is 0 Å². The van der Waals surface area contributed by atoms with Gasteiger partial charge in [0.1, 0.15) is 0 Å². The van der Waals surface area contributed by atoms with Gasteiger partial charge in [0.15, 0.2) is 0 Å². The van der Waals surface area contributed by atoms with Crippen molar-refractivity contribution >= 4 is 5.91 Å². The van der Waals surface area contributed by atoms with Crippen LogP contribution in [-0.4, -0.2) is 36.5 Å². The van der Waals surface area contributed by atoms with E-state index in [-0.39, 0.29) is 11.9 Å². The second-order valence-electron chi connectivity index (χ2n) is 4.00. The molecule has 0 radical (unpaired) electrons. The highest BCUT2D eigenvalue weighted by Crippen LogP contribution is 1.93. The van der Waals surface area contributed by atoms with Crippen molar-refractivity contribution in [2.24, 2.45) is 0 Å². The van der Waals surface area contributed by atoms with Crippen molar-refractivity contribution in [3.8, 4) is 0 Å². The molecule has 0 bridgehead atoms. The van der Waals surface area contributed by atoms with E-state index >= 15 is 0 Å². The standard InChI is InChI=1S/C11H24N2O/c1-5-7-13(8-6-2)9-11(14)12-10(3)4/h10H,5-9H2,1-4H3,(H,12,14). The molecule has 0 spiro atoms. The van der Waals surface area contributed by atoms with Gasteiger partial charge in [-0.2, -0.15) is 0 Å². The zero-order chi connectivity index (χ0) is 11.0. The molecule has 0 aromatic heterocycles. The minimum atomic E-state index is 0.141. The first-order valence-electron chi connectivity index (χ1n) is 5.61.